The van der Waals surface area contributed by atoms with Gasteiger partial charge in [-0.25, -0.2) is 0 Å². The summed E-state index contributed by atoms with van der Waals surface area (Å²) in [5.74, 6) is 2.61. The zero-order valence-corrected chi connectivity index (χ0v) is 23.8. The molecule has 3 nitrogen and oxygen atoms in total. The van der Waals surface area contributed by atoms with Crippen molar-refractivity contribution in [3.05, 3.63) is 12.2 Å². The average Bonchev–Trinajstić information content (AvgIpc) is 3.38. The van der Waals surface area contributed by atoms with Crippen LogP contribution in [0.3, 0.4) is 0 Å². The van der Waals surface area contributed by atoms with Crippen LogP contribution in [0.15, 0.2) is 12.2 Å². The minimum absolute atomic E-state index is 0.0323. The molecule has 5 saturated carbocycles. The van der Waals surface area contributed by atoms with E-state index in [4.69, 9.17) is 9.47 Å². The van der Waals surface area contributed by atoms with Crippen LogP contribution in [0.1, 0.15) is 113 Å². The number of epoxide rings is 1. The Labute approximate surface area is 214 Å². The Balaban J connectivity index is 1.36. The number of esters is 1. The summed E-state index contributed by atoms with van der Waals surface area (Å²) in [4.78, 5) is 11.9. The van der Waals surface area contributed by atoms with E-state index >= 15 is 0 Å². The largest absolute Gasteiger partial charge is 0.462 e. The minimum atomic E-state index is -0.116. The lowest BCUT2D eigenvalue weighted by atomic mass is 9.32. The first-order valence-corrected chi connectivity index (χ1v) is 14.7. The van der Waals surface area contributed by atoms with Crippen LogP contribution in [0.25, 0.3) is 0 Å². The van der Waals surface area contributed by atoms with E-state index in [9.17, 15) is 4.79 Å². The van der Waals surface area contributed by atoms with Crippen molar-refractivity contribution in [2.45, 2.75) is 131 Å². The second kappa shape index (κ2) is 6.97. The standard InChI is InChI=1S/C32H50O3/c1-19(2)32-25(35-32)18-28(6)16-17-30(8)21(26(28)32)10-11-23-29(7)14-13-24(34-20(3)33)27(4,5)22(29)12-15-31(23,30)9/h21-26H,1,10-18H2,2-9H3. The number of carbonyl (C=O) groups is 1. The predicted molar refractivity (Wildman–Crippen MR) is 140 cm³/mol. The van der Waals surface area contributed by atoms with E-state index in [1.807, 2.05) is 0 Å². The third kappa shape index (κ3) is 2.75. The molecule has 5 aliphatic carbocycles. The fourth-order valence-electron chi connectivity index (χ4n) is 12.3. The number of ether oxygens (including phenoxy) is 2. The topological polar surface area (TPSA) is 38.8 Å². The number of hydrogen-bond donors (Lipinski definition) is 0. The summed E-state index contributed by atoms with van der Waals surface area (Å²) in [5.41, 5.74) is 2.74. The van der Waals surface area contributed by atoms with Gasteiger partial charge in [-0.2, -0.15) is 0 Å². The van der Waals surface area contributed by atoms with Gasteiger partial charge in [0.1, 0.15) is 11.7 Å². The molecule has 0 amide bonds. The molecule has 1 saturated heterocycles. The number of carbonyl (C=O) groups excluding carboxylic acids is 1. The molecule has 196 valence electrons. The quantitative estimate of drug-likeness (QED) is 0.230. The van der Waals surface area contributed by atoms with E-state index in [0.29, 0.717) is 39.6 Å². The van der Waals surface area contributed by atoms with Crippen LogP contribution < -0.4 is 0 Å². The summed E-state index contributed by atoms with van der Waals surface area (Å²) in [7, 11) is 0. The molecule has 11 atom stereocenters. The van der Waals surface area contributed by atoms with Gasteiger partial charge in [-0.05, 0) is 110 Å². The normalized spacial score (nSPS) is 57.6. The molecule has 6 fully saturated rings. The van der Waals surface area contributed by atoms with Crippen molar-refractivity contribution in [2.75, 3.05) is 0 Å². The maximum absolute atomic E-state index is 11.9. The van der Waals surface area contributed by atoms with Gasteiger partial charge in [0.25, 0.3) is 0 Å². The molecular weight excluding hydrogens is 432 g/mol. The third-order valence-electron chi connectivity index (χ3n) is 14.1. The number of hydrogen-bond acceptors (Lipinski definition) is 3. The molecule has 0 aromatic heterocycles. The summed E-state index contributed by atoms with van der Waals surface area (Å²) in [5, 5.41) is 0. The molecule has 11 unspecified atom stereocenters. The highest BCUT2D eigenvalue weighted by Crippen LogP contribution is 2.80. The second-order valence-corrected chi connectivity index (χ2v) is 15.6. The van der Waals surface area contributed by atoms with Crippen LogP contribution in [0.4, 0.5) is 0 Å². The molecule has 1 heterocycles. The Morgan fingerprint density at radius 2 is 1.57 bits per heavy atom. The van der Waals surface area contributed by atoms with Gasteiger partial charge in [-0.15, -0.1) is 0 Å². The van der Waals surface area contributed by atoms with Crippen LogP contribution in [0.2, 0.25) is 0 Å². The molecule has 0 aromatic carbocycles. The summed E-state index contributed by atoms with van der Waals surface area (Å²) in [6.45, 7) is 23.7. The third-order valence-corrected chi connectivity index (χ3v) is 14.1. The van der Waals surface area contributed by atoms with Crippen LogP contribution in [0.5, 0.6) is 0 Å². The fraction of sp³-hybridized carbons (Fsp3) is 0.906. The van der Waals surface area contributed by atoms with Crippen molar-refractivity contribution in [1.29, 1.82) is 0 Å². The molecule has 35 heavy (non-hydrogen) atoms. The van der Waals surface area contributed by atoms with Crippen molar-refractivity contribution in [3.63, 3.8) is 0 Å². The Hall–Kier alpha value is -0.830. The first-order valence-electron chi connectivity index (χ1n) is 14.7. The highest BCUT2D eigenvalue weighted by Gasteiger charge is 2.79. The number of fused-ring (bicyclic) bond motifs is 9. The Morgan fingerprint density at radius 1 is 0.857 bits per heavy atom. The maximum Gasteiger partial charge on any atom is 0.302 e. The van der Waals surface area contributed by atoms with Crippen LogP contribution in [-0.2, 0) is 14.3 Å². The van der Waals surface area contributed by atoms with Crippen molar-refractivity contribution in [2.24, 2.45) is 50.7 Å². The number of rotatable bonds is 2. The van der Waals surface area contributed by atoms with Gasteiger partial charge < -0.3 is 9.47 Å². The Bertz CT molecular complexity index is 968. The molecule has 0 bridgehead atoms. The molecular formula is C32H50O3. The van der Waals surface area contributed by atoms with E-state index < -0.39 is 0 Å². The van der Waals surface area contributed by atoms with Gasteiger partial charge in [0, 0.05) is 18.3 Å². The lowest BCUT2D eigenvalue weighted by Crippen LogP contribution is -2.67. The van der Waals surface area contributed by atoms with E-state index in [2.05, 4.69) is 55.0 Å². The summed E-state index contributed by atoms with van der Waals surface area (Å²) >= 11 is 0. The van der Waals surface area contributed by atoms with Gasteiger partial charge in [-0.3, -0.25) is 4.79 Å². The van der Waals surface area contributed by atoms with Crippen molar-refractivity contribution in [1.82, 2.24) is 0 Å². The molecule has 0 radical (unpaired) electrons. The van der Waals surface area contributed by atoms with Crippen molar-refractivity contribution in [3.8, 4) is 0 Å². The van der Waals surface area contributed by atoms with Crippen LogP contribution >= 0.6 is 0 Å². The Morgan fingerprint density at radius 3 is 2.23 bits per heavy atom. The van der Waals surface area contributed by atoms with E-state index in [0.717, 1.165) is 18.3 Å². The maximum atomic E-state index is 11.9. The van der Waals surface area contributed by atoms with Gasteiger partial charge >= 0.3 is 5.97 Å². The zero-order chi connectivity index (χ0) is 25.4. The molecule has 6 aliphatic rings. The van der Waals surface area contributed by atoms with Gasteiger partial charge in [0.2, 0.25) is 0 Å². The second-order valence-electron chi connectivity index (χ2n) is 15.6. The molecule has 0 N–H and O–H groups in total. The zero-order valence-electron chi connectivity index (χ0n) is 23.8. The Kier molecular flexibility index (Phi) is 4.88. The molecule has 6 rings (SSSR count). The lowest BCUT2D eigenvalue weighted by Gasteiger charge is -2.73. The summed E-state index contributed by atoms with van der Waals surface area (Å²) in [6, 6.07) is 0. The lowest BCUT2D eigenvalue weighted by molar-refractivity contribution is -0.252. The smallest absolute Gasteiger partial charge is 0.302 e. The van der Waals surface area contributed by atoms with Crippen molar-refractivity contribution >= 4 is 5.97 Å². The first kappa shape index (κ1) is 24.5. The van der Waals surface area contributed by atoms with E-state index in [1.54, 1.807) is 6.92 Å². The SMILES string of the molecule is C=C(C)C12OC1CC1(C)CCC3(C)C(CCC4C5(C)CCC(OC(C)=O)C(C)(C)C5CCC43C)C12. The van der Waals surface area contributed by atoms with Crippen LogP contribution in [0, 0.1) is 50.7 Å². The predicted octanol–water partition coefficient (Wildman–Crippen LogP) is 7.73. The molecule has 0 spiro atoms. The molecule has 1 aliphatic heterocycles. The van der Waals surface area contributed by atoms with Gasteiger partial charge in [0.15, 0.2) is 0 Å². The van der Waals surface area contributed by atoms with Gasteiger partial charge in [-0.1, -0.05) is 48.1 Å². The van der Waals surface area contributed by atoms with Gasteiger partial charge in [0.05, 0.1) is 6.10 Å². The highest BCUT2D eigenvalue weighted by atomic mass is 16.6. The highest BCUT2D eigenvalue weighted by molar-refractivity contribution is 5.66. The minimum Gasteiger partial charge on any atom is -0.462 e. The summed E-state index contributed by atoms with van der Waals surface area (Å²) < 4.78 is 12.4. The van der Waals surface area contributed by atoms with Crippen molar-refractivity contribution < 1.29 is 14.3 Å². The fourth-order valence-corrected chi connectivity index (χ4v) is 12.3. The molecule has 0 aromatic rings. The average molecular weight is 483 g/mol. The summed E-state index contributed by atoms with van der Waals surface area (Å²) in [6.07, 6.45) is 11.9. The first-order chi connectivity index (χ1) is 16.2. The van der Waals surface area contributed by atoms with Crippen LogP contribution in [-0.4, -0.2) is 23.8 Å². The monoisotopic (exact) mass is 482 g/mol. The van der Waals surface area contributed by atoms with E-state index in [1.165, 1.54) is 56.9 Å². The molecule has 3 heteroatoms. The van der Waals surface area contributed by atoms with E-state index in [-0.39, 0.29) is 23.1 Å².